The molecule has 0 unspecified atom stereocenters. The minimum Gasteiger partial charge on any atom is -0.457 e. The number of nitrogens with zero attached hydrogens (tertiary/aromatic N) is 2. The van der Waals surface area contributed by atoms with Gasteiger partial charge < -0.3 is 15.0 Å². The molecule has 0 radical (unpaired) electrons. The second-order valence-corrected chi connectivity index (χ2v) is 12.4. The second-order valence-electron chi connectivity index (χ2n) is 10.6. The molecule has 226 valence electrons. The average Bonchev–Trinajstić information content (AvgIpc) is 2.96. The summed E-state index contributed by atoms with van der Waals surface area (Å²) in [5, 5.41) is 2.63. The molecular formula is C31H38F2N4O4S. The fraction of sp³-hybridized carbons (Fsp3) is 0.387. The van der Waals surface area contributed by atoms with Gasteiger partial charge in [0.15, 0.2) is 0 Å². The van der Waals surface area contributed by atoms with Gasteiger partial charge in [-0.3, -0.25) is 4.90 Å². The molecule has 0 bridgehead atoms. The van der Waals surface area contributed by atoms with E-state index in [-0.39, 0.29) is 24.3 Å². The fourth-order valence-corrected chi connectivity index (χ4v) is 5.32. The molecular weight excluding hydrogens is 562 g/mol. The fourth-order valence-electron chi connectivity index (χ4n) is 4.89. The van der Waals surface area contributed by atoms with E-state index in [0.29, 0.717) is 18.0 Å². The van der Waals surface area contributed by atoms with Crippen LogP contribution in [0.15, 0.2) is 66.7 Å². The molecule has 0 spiro atoms. The van der Waals surface area contributed by atoms with Gasteiger partial charge in [0.25, 0.3) is 0 Å². The summed E-state index contributed by atoms with van der Waals surface area (Å²) in [5.41, 5.74) is 1.96. The van der Waals surface area contributed by atoms with Crippen LogP contribution in [0.2, 0.25) is 0 Å². The Bertz CT molecular complexity index is 1430. The Kier molecular flexibility index (Phi) is 10.9. The summed E-state index contributed by atoms with van der Waals surface area (Å²) in [6.45, 7) is 5.29. The first-order chi connectivity index (χ1) is 20.1. The minimum atomic E-state index is -3.25. The van der Waals surface area contributed by atoms with Crippen molar-refractivity contribution in [3.8, 4) is 11.5 Å². The number of amides is 2. The number of sulfonamides is 1. The molecule has 1 aliphatic rings. The highest BCUT2D eigenvalue weighted by molar-refractivity contribution is 7.88. The van der Waals surface area contributed by atoms with Crippen molar-refractivity contribution >= 4 is 21.7 Å². The SMILES string of the molecule is CCCCN(C(=O)Nc1ccc(F)cc1F)C1CCN(Cc2ccc(Oc3ccc(CNS(C)(=O)=O)cc3)cc2)CC1. The monoisotopic (exact) mass is 600 g/mol. The number of anilines is 1. The third kappa shape index (κ3) is 9.50. The van der Waals surface area contributed by atoms with Crippen molar-refractivity contribution in [1.82, 2.24) is 14.5 Å². The smallest absolute Gasteiger partial charge is 0.322 e. The van der Waals surface area contributed by atoms with Crippen molar-refractivity contribution in [2.75, 3.05) is 31.2 Å². The summed E-state index contributed by atoms with van der Waals surface area (Å²) in [6, 6.07) is 18.0. The molecule has 0 aromatic heterocycles. The molecule has 4 rings (SSSR count). The van der Waals surface area contributed by atoms with E-state index in [0.717, 1.165) is 74.8 Å². The molecule has 1 heterocycles. The second kappa shape index (κ2) is 14.6. The van der Waals surface area contributed by atoms with Crippen LogP contribution in [0, 0.1) is 11.6 Å². The molecule has 8 nitrogen and oxygen atoms in total. The predicted octanol–water partition coefficient (Wildman–Crippen LogP) is 6.10. The van der Waals surface area contributed by atoms with E-state index in [1.54, 1.807) is 17.0 Å². The van der Waals surface area contributed by atoms with Gasteiger partial charge in [-0.05, 0) is 66.8 Å². The minimum absolute atomic E-state index is 0.0216. The normalized spacial score (nSPS) is 14.5. The molecule has 11 heteroatoms. The standard InChI is InChI=1S/C31H38F2N4O4S/c1-3-4-17-37(31(38)35-30-14-9-25(32)20-29(30)33)26-15-18-36(19-16-26)22-24-7-12-28(13-8-24)41-27-10-5-23(6-11-27)21-34-42(2,39)40/h5-14,20,26,34H,3-4,15-19,21-22H2,1-2H3,(H,35,38). The Morgan fingerprint density at radius 2 is 1.60 bits per heavy atom. The molecule has 0 atom stereocenters. The van der Waals surface area contributed by atoms with Gasteiger partial charge in [-0.1, -0.05) is 37.6 Å². The number of hydrogen-bond acceptors (Lipinski definition) is 5. The number of rotatable bonds is 12. The Balaban J connectivity index is 1.27. The van der Waals surface area contributed by atoms with E-state index in [1.807, 2.05) is 36.4 Å². The van der Waals surface area contributed by atoms with Crippen molar-refractivity contribution in [1.29, 1.82) is 0 Å². The summed E-state index contributed by atoms with van der Waals surface area (Å²) in [6.07, 6.45) is 4.52. The van der Waals surface area contributed by atoms with Crippen molar-refractivity contribution in [2.45, 2.75) is 51.7 Å². The summed E-state index contributed by atoms with van der Waals surface area (Å²) >= 11 is 0. The number of carbonyl (C=O) groups excluding carboxylic acids is 1. The van der Waals surface area contributed by atoms with Gasteiger partial charge in [0, 0.05) is 44.8 Å². The van der Waals surface area contributed by atoms with Gasteiger partial charge in [0.05, 0.1) is 11.9 Å². The summed E-state index contributed by atoms with van der Waals surface area (Å²) < 4.78 is 58.3. The largest absolute Gasteiger partial charge is 0.457 e. The van der Waals surface area contributed by atoms with Crippen LogP contribution in [0.25, 0.3) is 0 Å². The quantitative estimate of drug-likeness (QED) is 0.262. The predicted molar refractivity (Wildman–Crippen MR) is 160 cm³/mol. The number of unbranched alkanes of at least 4 members (excludes halogenated alkanes) is 1. The van der Waals surface area contributed by atoms with Gasteiger partial charge in [-0.15, -0.1) is 0 Å². The van der Waals surface area contributed by atoms with Crippen LogP contribution in [-0.4, -0.2) is 56.2 Å². The summed E-state index contributed by atoms with van der Waals surface area (Å²) in [5.74, 6) is -0.111. The highest BCUT2D eigenvalue weighted by Crippen LogP contribution is 2.25. The molecule has 3 aromatic rings. The molecule has 42 heavy (non-hydrogen) atoms. The van der Waals surface area contributed by atoms with Crippen LogP contribution in [0.5, 0.6) is 11.5 Å². The first-order valence-electron chi connectivity index (χ1n) is 14.1. The Morgan fingerprint density at radius 3 is 2.17 bits per heavy atom. The molecule has 0 aliphatic carbocycles. The Morgan fingerprint density at radius 1 is 0.976 bits per heavy atom. The molecule has 3 aromatic carbocycles. The first kappa shape index (κ1) is 31.4. The van der Waals surface area contributed by atoms with E-state index in [9.17, 15) is 22.0 Å². The van der Waals surface area contributed by atoms with Crippen LogP contribution in [0.1, 0.15) is 43.7 Å². The zero-order valence-electron chi connectivity index (χ0n) is 24.0. The van der Waals surface area contributed by atoms with E-state index in [1.165, 1.54) is 6.07 Å². The van der Waals surface area contributed by atoms with Gasteiger partial charge in [0.1, 0.15) is 23.1 Å². The van der Waals surface area contributed by atoms with Gasteiger partial charge in [-0.2, -0.15) is 0 Å². The zero-order chi connectivity index (χ0) is 30.1. The van der Waals surface area contributed by atoms with Crippen LogP contribution < -0.4 is 14.8 Å². The van der Waals surface area contributed by atoms with Gasteiger partial charge in [0.2, 0.25) is 10.0 Å². The molecule has 2 amide bonds. The number of nitrogens with one attached hydrogen (secondary N) is 2. The van der Waals surface area contributed by atoms with Crippen LogP contribution in [-0.2, 0) is 23.1 Å². The average molecular weight is 601 g/mol. The maximum atomic E-state index is 14.1. The molecule has 1 saturated heterocycles. The first-order valence-corrected chi connectivity index (χ1v) is 16.0. The van der Waals surface area contributed by atoms with Crippen molar-refractivity contribution in [3.63, 3.8) is 0 Å². The third-order valence-electron chi connectivity index (χ3n) is 7.21. The van der Waals surface area contributed by atoms with Crippen molar-refractivity contribution < 1.29 is 26.7 Å². The van der Waals surface area contributed by atoms with Gasteiger partial charge >= 0.3 is 6.03 Å². The Hall–Kier alpha value is -3.54. The summed E-state index contributed by atoms with van der Waals surface area (Å²) in [7, 11) is -3.25. The number of piperidine rings is 1. The number of halogens is 2. The number of benzene rings is 3. The number of likely N-dealkylation sites (tertiary alicyclic amines) is 1. The molecule has 2 N–H and O–H groups in total. The molecule has 1 aliphatic heterocycles. The van der Waals surface area contributed by atoms with Crippen molar-refractivity contribution in [3.05, 3.63) is 89.5 Å². The third-order valence-corrected chi connectivity index (χ3v) is 7.88. The maximum absolute atomic E-state index is 14.1. The highest BCUT2D eigenvalue weighted by atomic mass is 32.2. The Labute approximate surface area is 246 Å². The van der Waals surface area contributed by atoms with E-state index < -0.39 is 21.7 Å². The summed E-state index contributed by atoms with van der Waals surface area (Å²) in [4.78, 5) is 17.2. The number of urea groups is 1. The van der Waals surface area contributed by atoms with Crippen LogP contribution in [0.4, 0.5) is 19.3 Å². The maximum Gasteiger partial charge on any atom is 0.322 e. The van der Waals surface area contributed by atoms with Crippen molar-refractivity contribution in [2.24, 2.45) is 0 Å². The number of ether oxygens (including phenoxy) is 1. The van der Waals surface area contributed by atoms with E-state index in [2.05, 4.69) is 21.9 Å². The number of carbonyl (C=O) groups is 1. The molecule has 0 saturated carbocycles. The highest BCUT2D eigenvalue weighted by Gasteiger charge is 2.28. The van der Waals surface area contributed by atoms with Gasteiger partial charge in [-0.25, -0.2) is 26.7 Å². The van der Waals surface area contributed by atoms with E-state index >= 15 is 0 Å². The van der Waals surface area contributed by atoms with E-state index in [4.69, 9.17) is 4.74 Å². The number of hydrogen-bond donors (Lipinski definition) is 2. The van der Waals surface area contributed by atoms with Crippen LogP contribution in [0.3, 0.4) is 0 Å². The lowest BCUT2D eigenvalue weighted by molar-refractivity contribution is 0.122. The van der Waals surface area contributed by atoms with Crippen LogP contribution >= 0.6 is 0 Å². The topological polar surface area (TPSA) is 91.0 Å². The lowest BCUT2D eigenvalue weighted by Gasteiger charge is -2.38. The zero-order valence-corrected chi connectivity index (χ0v) is 24.8. The molecule has 1 fully saturated rings. The lowest BCUT2D eigenvalue weighted by Crippen LogP contribution is -2.49. The lowest BCUT2D eigenvalue weighted by atomic mass is 10.0.